The standard InChI is InChI=1S/C21H17Cl2FN4O/c1-28(16-10-13-9-14(22)4-7-19(13)25-12-16)8-2-3-20-26-21(27-29-20)17-6-5-15(24)11-18(17)23/h4-7,9-12H,2-3,8H2,1H3. The third kappa shape index (κ3) is 4.49. The molecule has 0 spiro atoms. The Hall–Kier alpha value is -2.70. The minimum absolute atomic E-state index is 0.251. The van der Waals surface area contributed by atoms with Gasteiger partial charge in [0.1, 0.15) is 5.82 Å². The third-order valence-electron chi connectivity index (χ3n) is 4.59. The van der Waals surface area contributed by atoms with Crippen LogP contribution in [0.15, 0.2) is 53.2 Å². The van der Waals surface area contributed by atoms with Gasteiger partial charge < -0.3 is 9.42 Å². The molecular formula is C21H17Cl2FN4O. The number of hydrogen-bond donors (Lipinski definition) is 0. The Bertz CT molecular complexity index is 1160. The topological polar surface area (TPSA) is 55.1 Å². The van der Waals surface area contributed by atoms with Crippen LogP contribution in [0.2, 0.25) is 10.0 Å². The number of aromatic nitrogens is 3. The van der Waals surface area contributed by atoms with Gasteiger partial charge in [-0.3, -0.25) is 4.98 Å². The van der Waals surface area contributed by atoms with Crippen LogP contribution in [0.5, 0.6) is 0 Å². The maximum absolute atomic E-state index is 13.2. The van der Waals surface area contributed by atoms with Gasteiger partial charge in [0.2, 0.25) is 11.7 Å². The van der Waals surface area contributed by atoms with Crippen LogP contribution < -0.4 is 4.90 Å². The highest BCUT2D eigenvalue weighted by molar-refractivity contribution is 6.33. The van der Waals surface area contributed by atoms with Gasteiger partial charge in [-0.15, -0.1) is 0 Å². The van der Waals surface area contributed by atoms with Crippen LogP contribution in [0.3, 0.4) is 0 Å². The second-order valence-corrected chi connectivity index (χ2v) is 7.54. The molecule has 0 radical (unpaired) electrons. The van der Waals surface area contributed by atoms with Crippen LogP contribution in [0.4, 0.5) is 10.1 Å². The van der Waals surface area contributed by atoms with Crippen molar-refractivity contribution >= 4 is 39.8 Å². The lowest BCUT2D eigenvalue weighted by atomic mass is 10.2. The van der Waals surface area contributed by atoms with E-state index in [-0.39, 0.29) is 5.02 Å². The molecule has 0 aliphatic carbocycles. The van der Waals surface area contributed by atoms with Gasteiger partial charge in [-0.1, -0.05) is 28.4 Å². The van der Waals surface area contributed by atoms with E-state index in [4.69, 9.17) is 27.7 Å². The van der Waals surface area contributed by atoms with Crippen molar-refractivity contribution in [3.63, 3.8) is 0 Å². The highest BCUT2D eigenvalue weighted by atomic mass is 35.5. The molecule has 2 heterocycles. The molecule has 0 saturated carbocycles. The molecular weight excluding hydrogens is 414 g/mol. The Morgan fingerprint density at radius 3 is 2.79 bits per heavy atom. The van der Waals surface area contributed by atoms with Crippen molar-refractivity contribution in [3.8, 4) is 11.4 Å². The zero-order valence-electron chi connectivity index (χ0n) is 15.6. The lowest BCUT2D eigenvalue weighted by Crippen LogP contribution is -2.19. The molecule has 0 aliphatic heterocycles. The molecule has 0 bridgehead atoms. The second kappa shape index (κ2) is 8.35. The van der Waals surface area contributed by atoms with Crippen molar-refractivity contribution in [1.82, 2.24) is 15.1 Å². The van der Waals surface area contributed by atoms with E-state index in [1.54, 1.807) is 6.07 Å². The van der Waals surface area contributed by atoms with Crippen molar-refractivity contribution in [2.45, 2.75) is 12.8 Å². The minimum atomic E-state index is -0.407. The van der Waals surface area contributed by atoms with E-state index in [1.807, 2.05) is 31.4 Å². The van der Waals surface area contributed by atoms with Crippen molar-refractivity contribution in [3.05, 3.63) is 70.4 Å². The number of fused-ring (bicyclic) bond motifs is 1. The first kappa shape index (κ1) is 19.6. The van der Waals surface area contributed by atoms with Crippen LogP contribution in [-0.4, -0.2) is 28.7 Å². The van der Waals surface area contributed by atoms with Gasteiger partial charge in [0.15, 0.2) is 0 Å². The molecule has 0 amide bonds. The van der Waals surface area contributed by atoms with Gasteiger partial charge in [-0.25, -0.2) is 4.39 Å². The predicted molar refractivity (Wildman–Crippen MR) is 113 cm³/mol. The van der Waals surface area contributed by atoms with Gasteiger partial charge in [0.25, 0.3) is 0 Å². The van der Waals surface area contributed by atoms with Crippen LogP contribution in [0.25, 0.3) is 22.3 Å². The zero-order valence-corrected chi connectivity index (χ0v) is 17.1. The zero-order chi connectivity index (χ0) is 20.4. The average Bonchev–Trinajstić information content (AvgIpc) is 3.15. The number of halogens is 3. The second-order valence-electron chi connectivity index (χ2n) is 6.69. The molecule has 5 nitrogen and oxygen atoms in total. The quantitative estimate of drug-likeness (QED) is 0.386. The summed E-state index contributed by atoms with van der Waals surface area (Å²) >= 11 is 12.1. The number of hydrogen-bond acceptors (Lipinski definition) is 5. The summed E-state index contributed by atoms with van der Waals surface area (Å²) in [5.41, 5.74) is 2.45. The fourth-order valence-corrected chi connectivity index (χ4v) is 3.47. The molecule has 8 heteroatoms. The van der Waals surface area contributed by atoms with E-state index in [0.29, 0.717) is 28.7 Å². The van der Waals surface area contributed by atoms with E-state index < -0.39 is 5.82 Å². The molecule has 148 valence electrons. The summed E-state index contributed by atoms with van der Waals surface area (Å²) in [5.74, 6) is 0.460. The lowest BCUT2D eigenvalue weighted by molar-refractivity contribution is 0.376. The number of pyridine rings is 1. The molecule has 29 heavy (non-hydrogen) atoms. The largest absolute Gasteiger partial charge is 0.373 e. The van der Waals surface area contributed by atoms with E-state index in [2.05, 4.69) is 26.1 Å². The highest BCUT2D eigenvalue weighted by Gasteiger charge is 2.13. The fraction of sp³-hybridized carbons (Fsp3) is 0.190. The summed E-state index contributed by atoms with van der Waals surface area (Å²) in [4.78, 5) is 11.0. The summed E-state index contributed by atoms with van der Waals surface area (Å²) < 4.78 is 18.5. The maximum atomic E-state index is 13.2. The van der Waals surface area contributed by atoms with Gasteiger partial charge in [0.05, 0.1) is 22.4 Å². The van der Waals surface area contributed by atoms with Crippen LogP contribution in [-0.2, 0) is 6.42 Å². The molecule has 0 atom stereocenters. The molecule has 4 rings (SSSR count). The highest BCUT2D eigenvalue weighted by Crippen LogP contribution is 2.26. The Kier molecular flexibility index (Phi) is 5.65. The molecule has 0 N–H and O–H groups in total. The molecule has 2 aromatic carbocycles. The van der Waals surface area contributed by atoms with E-state index >= 15 is 0 Å². The summed E-state index contributed by atoms with van der Waals surface area (Å²) in [7, 11) is 2.00. The van der Waals surface area contributed by atoms with Crippen molar-refractivity contribution in [2.75, 3.05) is 18.5 Å². The smallest absolute Gasteiger partial charge is 0.227 e. The van der Waals surface area contributed by atoms with E-state index in [1.165, 1.54) is 12.1 Å². The molecule has 0 fully saturated rings. The molecule has 2 aromatic heterocycles. The Balaban J connectivity index is 1.38. The predicted octanol–water partition coefficient (Wildman–Crippen LogP) is 5.80. The van der Waals surface area contributed by atoms with Gasteiger partial charge >= 0.3 is 0 Å². The van der Waals surface area contributed by atoms with Crippen molar-refractivity contribution < 1.29 is 8.91 Å². The van der Waals surface area contributed by atoms with Gasteiger partial charge in [-0.05, 0) is 48.9 Å². The summed E-state index contributed by atoms with van der Waals surface area (Å²) in [6.07, 6.45) is 3.27. The Morgan fingerprint density at radius 1 is 1.10 bits per heavy atom. The fourth-order valence-electron chi connectivity index (χ4n) is 3.03. The summed E-state index contributed by atoms with van der Waals surface area (Å²) in [6.45, 7) is 0.781. The first-order valence-corrected chi connectivity index (χ1v) is 9.79. The monoisotopic (exact) mass is 430 g/mol. The maximum Gasteiger partial charge on any atom is 0.227 e. The van der Waals surface area contributed by atoms with Crippen LogP contribution in [0, 0.1) is 5.82 Å². The van der Waals surface area contributed by atoms with Gasteiger partial charge in [-0.2, -0.15) is 4.98 Å². The van der Waals surface area contributed by atoms with Crippen LogP contribution >= 0.6 is 23.2 Å². The average molecular weight is 431 g/mol. The van der Waals surface area contributed by atoms with Crippen molar-refractivity contribution in [2.24, 2.45) is 0 Å². The molecule has 0 aliphatic rings. The molecule has 4 aromatic rings. The first-order valence-electron chi connectivity index (χ1n) is 9.04. The Labute approximate surface area is 177 Å². The molecule has 0 unspecified atom stereocenters. The number of benzene rings is 2. The summed E-state index contributed by atoms with van der Waals surface area (Å²) in [5, 5.41) is 5.88. The Morgan fingerprint density at radius 2 is 1.97 bits per heavy atom. The normalized spacial score (nSPS) is 11.2. The lowest BCUT2D eigenvalue weighted by Gasteiger charge is -2.18. The minimum Gasteiger partial charge on any atom is -0.373 e. The molecule has 0 saturated heterocycles. The van der Waals surface area contributed by atoms with E-state index in [9.17, 15) is 4.39 Å². The van der Waals surface area contributed by atoms with E-state index in [0.717, 1.165) is 29.6 Å². The van der Waals surface area contributed by atoms with Crippen molar-refractivity contribution in [1.29, 1.82) is 0 Å². The SMILES string of the molecule is CN(CCCc1nc(-c2ccc(F)cc2Cl)no1)c1cnc2ccc(Cl)cc2c1. The number of anilines is 1. The number of aryl methyl sites for hydroxylation is 1. The van der Waals surface area contributed by atoms with Crippen LogP contribution in [0.1, 0.15) is 12.3 Å². The van der Waals surface area contributed by atoms with Gasteiger partial charge in [0, 0.05) is 36.0 Å². The third-order valence-corrected chi connectivity index (χ3v) is 5.14. The number of nitrogens with zero attached hydrogens (tertiary/aromatic N) is 4. The summed E-state index contributed by atoms with van der Waals surface area (Å²) in [6, 6.07) is 11.8. The first-order chi connectivity index (χ1) is 14.0. The number of rotatable bonds is 6.